The normalized spacial score (nSPS) is 12.5. The van der Waals surface area contributed by atoms with Gasteiger partial charge in [-0.3, -0.25) is 24.5 Å². The molecule has 3 aromatic carbocycles. The van der Waals surface area contributed by atoms with Gasteiger partial charge in [0.25, 0.3) is 23.4 Å². The summed E-state index contributed by atoms with van der Waals surface area (Å²) in [4.78, 5) is 48.5. The van der Waals surface area contributed by atoms with Crippen molar-refractivity contribution in [1.29, 1.82) is 0 Å². The number of carbonyl (C=O) groups excluding carboxylic acids is 3. The molecule has 1 aliphatic rings. The Morgan fingerprint density at radius 3 is 2.19 bits per heavy atom. The number of rotatable bonds is 6. The number of nitrogens with zero attached hydrogens (tertiary/aromatic N) is 2. The van der Waals surface area contributed by atoms with Crippen molar-refractivity contribution < 1.29 is 24.0 Å². The SMILES string of the molecule is O=C(COc1ccc([N+](=O)[O-])cc1)Nc1ccc(N2C(=O)c3ccccc3C2=O)c(Cl)c1. The van der Waals surface area contributed by atoms with Gasteiger partial charge in [0.2, 0.25) is 0 Å². The number of hydrogen-bond acceptors (Lipinski definition) is 6. The van der Waals surface area contributed by atoms with E-state index >= 15 is 0 Å². The minimum atomic E-state index is -0.536. The van der Waals surface area contributed by atoms with Crippen molar-refractivity contribution in [1.82, 2.24) is 0 Å². The molecule has 9 nitrogen and oxygen atoms in total. The first-order valence-corrected chi connectivity index (χ1v) is 9.67. The highest BCUT2D eigenvalue weighted by atomic mass is 35.5. The van der Waals surface area contributed by atoms with E-state index in [1.165, 1.54) is 42.5 Å². The summed E-state index contributed by atoms with van der Waals surface area (Å²) in [6.07, 6.45) is 0. The van der Waals surface area contributed by atoms with Crippen LogP contribution in [-0.4, -0.2) is 29.3 Å². The molecule has 0 atom stereocenters. The molecule has 0 radical (unpaired) electrons. The van der Waals surface area contributed by atoms with Gasteiger partial charge < -0.3 is 10.1 Å². The second-order valence-electron chi connectivity index (χ2n) is 6.75. The third kappa shape index (κ3) is 4.01. The Kier molecular flexibility index (Phi) is 5.57. The monoisotopic (exact) mass is 451 g/mol. The van der Waals surface area contributed by atoms with Crippen molar-refractivity contribution in [2.45, 2.75) is 0 Å². The van der Waals surface area contributed by atoms with E-state index in [-0.39, 0.29) is 23.0 Å². The quantitative estimate of drug-likeness (QED) is 0.343. The molecule has 10 heteroatoms. The zero-order chi connectivity index (χ0) is 22.8. The molecular weight excluding hydrogens is 438 g/mol. The van der Waals surface area contributed by atoms with Crippen molar-refractivity contribution in [3.63, 3.8) is 0 Å². The molecule has 0 saturated carbocycles. The number of imide groups is 1. The molecule has 160 valence electrons. The number of amides is 3. The Morgan fingerprint density at radius 1 is 1.00 bits per heavy atom. The van der Waals surface area contributed by atoms with Gasteiger partial charge in [0, 0.05) is 17.8 Å². The number of fused-ring (bicyclic) bond motifs is 1. The number of halogens is 1. The molecule has 0 aromatic heterocycles. The minimum Gasteiger partial charge on any atom is -0.484 e. The van der Waals surface area contributed by atoms with Gasteiger partial charge in [-0.25, -0.2) is 4.90 Å². The van der Waals surface area contributed by atoms with E-state index in [0.717, 1.165) is 4.90 Å². The number of benzene rings is 3. The molecule has 0 unspecified atom stereocenters. The Labute approximate surface area is 186 Å². The van der Waals surface area contributed by atoms with Gasteiger partial charge in [-0.2, -0.15) is 0 Å². The summed E-state index contributed by atoms with van der Waals surface area (Å²) < 4.78 is 5.31. The molecule has 3 amide bonds. The van der Waals surface area contributed by atoms with Crippen LogP contribution >= 0.6 is 11.6 Å². The second kappa shape index (κ2) is 8.48. The van der Waals surface area contributed by atoms with E-state index in [9.17, 15) is 24.5 Å². The largest absolute Gasteiger partial charge is 0.484 e. The van der Waals surface area contributed by atoms with Gasteiger partial charge in [-0.1, -0.05) is 23.7 Å². The summed E-state index contributed by atoms with van der Waals surface area (Å²) >= 11 is 6.30. The van der Waals surface area contributed by atoms with Crippen molar-refractivity contribution in [3.05, 3.63) is 93.0 Å². The van der Waals surface area contributed by atoms with Crippen LogP contribution in [0.25, 0.3) is 0 Å². The highest BCUT2D eigenvalue weighted by Gasteiger charge is 2.37. The van der Waals surface area contributed by atoms with E-state index < -0.39 is 22.6 Å². The fraction of sp³-hybridized carbons (Fsp3) is 0.0455. The summed E-state index contributed by atoms with van der Waals surface area (Å²) in [6, 6.07) is 16.2. The number of non-ortho nitro benzene ring substituents is 1. The molecule has 1 aliphatic heterocycles. The fourth-order valence-electron chi connectivity index (χ4n) is 3.18. The summed E-state index contributed by atoms with van der Waals surface area (Å²) in [5, 5.41) is 13.4. The van der Waals surface area contributed by atoms with E-state index in [0.29, 0.717) is 22.6 Å². The minimum absolute atomic E-state index is 0.0883. The molecule has 1 heterocycles. The van der Waals surface area contributed by atoms with Crippen LogP contribution in [0.1, 0.15) is 20.7 Å². The van der Waals surface area contributed by atoms with Crippen LogP contribution in [0.15, 0.2) is 66.7 Å². The van der Waals surface area contributed by atoms with E-state index in [4.69, 9.17) is 16.3 Å². The smallest absolute Gasteiger partial charge is 0.269 e. The van der Waals surface area contributed by atoms with Crippen LogP contribution in [0.4, 0.5) is 17.1 Å². The van der Waals surface area contributed by atoms with E-state index in [2.05, 4.69) is 5.32 Å². The van der Waals surface area contributed by atoms with E-state index in [1.54, 1.807) is 24.3 Å². The zero-order valence-electron chi connectivity index (χ0n) is 16.3. The van der Waals surface area contributed by atoms with Gasteiger partial charge in [0.1, 0.15) is 5.75 Å². The van der Waals surface area contributed by atoms with Gasteiger partial charge in [-0.15, -0.1) is 0 Å². The number of anilines is 2. The third-order valence-electron chi connectivity index (χ3n) is 4.68. The maximum Gasteiger partial charge on any atom is 0.269 e. The number of hydrogen-bond donors (Lipinski definition) is 1. The highest BCUT2D eigenvalue weighted by molar-refractivity contribution is 6.40. The highest BCUT2D eigenvalue weighted by Crippen LogP contribution is 2.34. The van der Waals surface area contributed by atoms with Crippen LogP contribution in [-0.2, 0) is 4.79 Å². The summed E-state index contributed by atoms with van der Waals surface area (Å²) in [7, 11) is 0. The topological polar surface area (TPSA) is 119 Å². The van der Waals surface area contributed by atoms with Crippen LogP contribution in [0.3, 0.4) is 0 Å². The summed E-state index contributed by atoms with van der Waals surface area (Å²) in [5.41, 5.74) is 1.06. The lowest BCUT2D eigenvalue weighted by Crippen LogP contribution is -2.29. The standard InChI is InChI=1S/C22H14ClN3O6/c23-18-11-13(24-20(27)12-32-15-8-6-14(7-9-15)26(30)31)5-10-19(18)25-21(28)16-3-1-2-4-17(16)22(25)29/h1-11H,12H2,(H,24,27). The molecule has 0 fully saturated rings. The molecule has 3 aromatic rings. The lowest BCUT2D eigenvalue weighted by Gasteiger charge is -2.16. The predicted octanol–water partition coefficient (Wildman–Crippen LogP) is 4.07. The van der Waals surface area contributed by atoms with E-state index in [1.807, 2.05) is 0 Å². The number of carbonyl (C=O) groups is 3. The molecule has 32 heavy (non-hydrogen) atoms. The van der Waals surface area contributed by atoms with Crippen molar-refractivity contribution in [2.24, 2.45) is 0 Å². The maximum absolute atomic E-state index is 12.6. The first-order valence-electron chi connectivity index (χ1n) is 9.29. The third-order valence-corrected chi connectivity index (χ3v) is 4.99. The number of nitro groups is 1. The lowest BCUT2D eigenvalue weighted by molar-refractivity contribution is -0.384. The van der Waals surface area contributed by atoms with Crippen molar-refractivity contribution >= 4 is 46.4 Å². The molecule has 1 N–H and O–H groups in total. The average Bonchev–Trinajstić information content (AvgIpc) is 3.03. The van der Waals surface area contributed by atoms with Crippen LogP contribution < -0.4 is 15.0 Å². The molecular formula is C22H14ClN3O6. The number of ether oxygens (including phenoxy) is 1. The molecule has 0 bridgehead atoms. The summed E-state index contributed by atoms with van der Waals surface area (Å²) in [5.74, 6) is -1.14. The fourth-order valence-corrected chi connectivity index (χ4v) is 3.45. The van der Waals surface area contributed by atoms with Gasteiger partial charge in [0.15, 0.2) is 6.61 Å². The Bertz CT molecular complexity index is 1220. The molecule has 0 spiro atoms. The summed E-state index contributed by atoms with van der Waals surface area (Å²) in [6.45, 7) is -0.338. The average molecular weight is 452 g/mol. The van der Waals surface area contributed by atoms with Crippen LogP contribution in [0.5, 0.6) is 5.75 Å². The molecule has 4 rings (SSSR count). The van der Waals surface area contributed by atoms with Gasteiger partial charge in [-0.05, 0) is 42.5 Å². The van der Waals surface area contributed by atoms with Crippen molar-refractivity contribution in [2.75, 3.05) is 16.8 Å². The first-order chi connectivity index (χ1) is 15.3. The number of nitro benzene ring substituents is 1. The zero-order valence-corrected chi connectivity index (χ0v) is 17.0. The lowest BCUT2D eigenvalue weighted by atomic mass is 10.1. The molecule has 0 saturated heterocycles. The number of nitrogens with one attached hydrogen (secondary N) is 1. The van der Waals surface area contributed by atoms with Crippen molar-refractivity contribution in [3.8, 4) is 5.75 Å². The van der Waals surface area contributed by atoms with Gasteiger partial charge in [0.05, 0.1) is 26.8 Å². The Morgan fingerprint density at radius 2 is 1.62 bits per heavy atom. The van der Waals surface area contributed by atoms with Crippen LogP contribution in [0, 0.1) is 10.1 Å². The molecule has 0 aliphatic carbocycles. The maximum atomic E-state index is 12.6. The second-order valence-corrected chi connectivity index (χ2v) is 7.15. The van der Waals surface area contributed by atoms with Crippen LogP contribution in [0.2, 0.25) is 5.02 Å². The Balaban J connectivity index is 1.41. The predicted molar refractivity (Wildman–Crippen MR) is 116 cm³/mol. The first kappa shape index (κ1) is 21.0. The Hall–Kier alpha value is -4.24. The van der Waals surface area contributed by atoms with Gasteiger partial charge >= 0.3 is 0 Å².